The van der Waals surface area contributed by atoms with E-state index in [9.17, 15) is 14.4 Å². The molecular formula is C20H19ClO4S. The topological polar surface area (TPSA) is 60.4 Å². The largest absolute Gasteiger partial charge is 0.454 e. The predicted octanol–water partition coefficient (Wildman–Crippen LogP) is 4.67. The number of halogens is 1. The van der Waals surface area contributed by atoms with Gasteiger partial charge in [-0.3, -0.25) is 14.4 Å². The van der Waals surface area contributed by atoms with Gasteiger partial charge in [-0.05, 0) is 55.5 Å². The molecule has 0 saturated carbocycles. The highest BCUT2D eigenvalue weighted by molar-refractivity contribution is 7.18. The van der Waals surface area contributed by atoms with Crippen LogP contribution in [-0.2, 0) is 22.4 Å². The van der Waals surface area contributed by atoms with Gasteiger partial charge in [-0.1, -0.05) is 23.7 Å². The highest BCUT2D eigenvalue weighted by Gasteiger charge is 2.22. The van der Waals surface area contributed by atoms with E-state index >= 15 is 0 Å². The molecular weight excluding hydrogens is 372 g/mol. The number of esters is 1. The van der Waals surface area contributed by atoms with Crippen molar-refractivity contribution in [1.82, 2.24) is 0 Å². The molecule has 0 spiro atoms. The number of carbonyl (C=O) groups is 3. The highest BCUT2D eigenvalue weighted by Crippen LogP contribution is 2.24. The summed E-state index contributed by atoms with van der Waals surface area (Å²) in [6.45, 7) is 1.56. The molecule has 1 heterocycles. The molecule has 0 radical (unpaired) electrons. The first kappa shape index (κ1) is 18.8. The van der Waals surface area contributed by atoms with Gasteiger partial charge in [0.1, 0.15) is 0 Å². The first-order valence-corrected chi connectivity index (χ1v) is 9.77. The first-order chi connectivity index (χ1) is 12.4. The molecule has 0 aliphatic heterocycles. The van der Waals surface area contributed by atoms with Crippen LogP contribution in [0.5, 0.6) is 0 Å². The van der Waals surface area contributed by atoms with E-state index < -0.39 is 12.1 Å². The first-order valence-electron chi connectivity index (χ1n) is 8.58. The number of benzene rings is 1. The van der Waals surface area contributed by atoms with Crippen LogP contribution in [0.2, 0.25) is 4.34 Å². The van der Waals surface area contributed by atoms with Gasteiger partial charge < -0.3 is 4.74 Å². The summed E-state index contributed by atoms with van der Waals surface area (Å²) in [4.78, 5) is 37.0. The lowest BCUT2D eigenvalue weighted by atomic mass is 10.0. The van der Waals surface area contributed by atoms with E-state index in [1.165, 1.54) is 22.5 Å². The second kappa shape index (κ2) is 8.14. The number of aryl methyl sites for hydroxylation is 2. The maximum Gasteiger partial charge on any atom is 0.306 e. The van der Waals surface area contributed by atoms with Crippen LogP contribution >= 0.6 is 22.9 Å². The fourth-order valence-electron chi connectivity index (χ4n) is 3.07. The quantitative estimate of drug-likeness (QED) is 0.509. The van der Waals surface area contributed by atoms with E-state index in [1.807, 2.05) is 12.1 Å². The maximum absolute atomic E-state index is 12.5. The molecule has 1 aromatic carbocycles. The van der Waals surface area contributed by atoms with Crippen molar-refractivity contribution in [2.24, 2.45) is 0 Å². The number of hydrogen-bond donors (Lipinski definition) is 0. The summed E-state index contributed by atoms with van der Waals surface area (Å²) >= 11 is 6.98. The Morgan fingerprint density at radius 3 is 2.62 bits per heavy atom. The van der Waals surface area contributed by atoms with Gasteiger partial charge in [0.05, 0.1) is 15.6 Å². The van der Waals surface area contributed by atoms with Crippen molar-refractivity contribution in [1.29, 1.82) is 0 Å². The number of rotatable bonds is 7. The fourth-order valence-corrected chi connectivity index (χ4v) is 4.08. The molecule has 1 aliphatic rings. The summed E-state index contributed by atoms with van der Waals surface area (Å²) < 4.78 is 5.75. The predicted molar refractivity (Wildman–Crippen MR) is 101 cm³/mol. The molecule has 2 aromatic rings. The maximum atomic E-state index is 12.5. The number of thiophene rings is 1. The molecule has 1 aliphatic carbocycles. The molecule has 1 atom stereocenters. The minimum Gasteiger partial charge on any atom is -0.454 e. The molecule has 0 fully saturated rings. The zero-order valence-electron chi connectivity index (χ0n) is 14.4. The third kappa shape index (κ3) is 4.40. The molecule has 0 bridgehead atoms. The standard InChI is InChI=1S/C20H19ClO4S/c1-12(20(24)15-6-5-13-3-2-4-14(13)11-15)25-19(23)10-7-16(22)17-8-9-18(21)26-17/h5-6,8-9,11-12H,2-4,7,10H2,1H3. The van der Waals surface area contributed by atoms with Gasteiger partial charge in [0, 0.05) is 12.0 Å². The van der Waals surface area contributed by atoms with Crippen molar-refractivity contribution in [2.75, 3.05) is 0 Å². The van der Waals surface area contributed by atoms with Crippen molar-refractivity contribution < 1.29 is 19.1 Å². The number of ether oxygens (including phenoxy) is 1. The van der Waals surface area contributed by atoms with E-state index in [0.717, 1.165) is 19.3 Å². The van der Waals surface area contributed by atoms with Gasteiger partial charge in [-0.2, -0.15) is 0 Å². The molecule has 3 rings (SSSR count). The third-order valence-electron chi connectivity index (χ3n) is 4.46. The Kier molecular flexibility index (Phi) is 5.89. The minimum absolute atomic E-state index is 0.0371. The van der Waals surface area contributed by atoms with Crippen LogP contribution in [0.25, 0.3) is 0 Å². The molecule has 136 valence electrons. The SMILES string of the molecule is CC(OC(=O)CCC(=O)c1ccc(Cl)s1)C(=O)c1ccc2c(c1)CCC2. The number of fused-ring (bicyclic) bond motifs is 1. The van der Waals surface area contributed by atoms with Gasteiger partial charge >= 0.3 is 5.97 Å². The molecule has 4 nitrogen and oxygen atoms in total. The zero-order chi connectivity index (χ0) is 18.7. The Hall–Kier alpha value is -1.98. The fraction of sp³-hybridized carbons (Fsp3) is 0.350. The van der Waals surface area contributed by atoms with Crippen molar-refractivity contribution >= 4 is 40.5 Å². The smallest absolute Gasteiger partial charge is 0.306 e. The molecule has 0 amide bonds. The van der Waals surface area contributed by atoms with Crippen LogP contribution < -0.4 is 0 Å². The summed E-state index contributed by atoms with van der Waals surface area (Å²) in [6.07, 6.45) is 2.26. The van der Waals surface area contributed by atoms with Gasteiger partial charge in [0.2, 0.25) is 5.78 Å². The lowest BCUT2D eigenvalue weighted by Crippen LogP contribution is -2.24. The molecule has 26 heavy (non-hydrogen) atoms. The van der Waals surface area contributed by atoms with Crippen LogP contribution in [0, 0.1) is 0 Å². The van der Waals surface area contributed by atoms with Gasteiger partial charge in [-0.25, -0.2) is 0 Å². The lowest BCUT2D eigenvalue weighted by Gasteiger charge is -2.13. The number of ketones is 2. The third-order valence-corrected chi connectivity index (χ3v) is 5.74. The summed E-state index contributed by atoms with van der Waals surface area (Å²) in [5.41, 5.74) is 3.06. The Labute approximate surface area is 161 Å². The Balaban J connectivity index is 1.52. The summed E-state index contributed by atoms with van der Waals surface area (Å²) in [6, 6.07) is 8.96. The average molecular weight is 391 g/mol. The minimum atomic E-state index is -0.867. The number of Topliss-reactive ketones (excluding diaryl/α,β-unsaturated/α-hetero) is 2. The van der Waals surface area contributed by atoms with Crippen molar-refractivity contribution in [3.05, 3.63) is 56.2 Å². The molecule has 0 N–H and O–H groups in total. The Morgan fingerprint density at radius 1 is 1.12 bits per heavy atom. The lowest BCUT2D eigenvalue weighted by molar-refractivity contribution is -0.146. The van der Waals surface area contributed by atoms with Crippen LogP contribution in [0.1, 0.15) is 57.3 Å². The van der Waals surface area contributed by atoms with Crippen LogP contribution in [0.3, 0.4) is 0 Å². The normalized spacial score (nSPS) is 13.9. The van der Waals surface area contributed by atoms with Crippen molar-refractivity contribution in [2.45, 2.75) is 45.1 Å². The molecule has 1 unspecified atom stereocenters. The van der Waals surface area contributed by atoms with Crippen LogP contribution in [0.15, 0.2) is 30.3 Å². The van der Waals surface area contributed by atoms with E-state index in [1.54, 1.807) is 25.1 Å². The van der Waals surface area contributed by atoms with Crippen molar-refractivity contribution in [3.63, 3.8) is 0 Å². The second-order valence-electron chi connectivity index (χ2n) is 6.36. The van der Waals surface area contributed by atoms with Gasteiger partial charge in [-0.15, -0.1) is 11.3 Å². The van der Waals surface area contributed by atoms with E-state index in [-0.39, 0.29) is 24.4 Å². The molecule has 0 saturated heterocycles. The van der Waals surface area contributed by atoms with Crippen LogP contribution in [-0.4, -0.2) is 23.6 Å². The Bertz CT molecular complexity index is 855. The summed E-state index contributed by atoms with van der Waals surface area (Å²) in [7, 11) is 0. The van der Waals surface area contributed by atoms with E-state index in [2.05, 4.69) is 0 Å². The second-order valence-corrected chi connectivity index (χ2v) is 8.08. The highest BCUT2D eigenvalue weighted by atomic mass is 35.5. The number of hydrogen-bond acceptors (Lipinski definition) is 5. The van der Waals surface area contributed by atoms with Gasteiger partial charge in [0.15, 0.2) is 11.9 Å². The van der Waals surface area contributed by atoms with Crippen LogP contribution in [0.4, 0.5) is 0 Å². The van der Waals surface area contributed by atoms with Gasteiger partial charge in [0.25, 0.3) is 0 Å². The molecule has 6 heteroatoms. The average Bonchev–Trinajstić information content (AvgIpc) is 3.26. The van der Waals surface area contributed by atoms with E-state index in [4.69, 9.17) is 16.3 Å². The zero-order valence-corrected chi connectivity index (χ0v) is 16.0. The van der Waals surface area contributed by atoms with E-state index in [0.29, 0.717) is 14.8 Å². The van der Waals surface area contributed by atoms with Crippen molar-refractivity contribution in [3.8, 4) is 0 Å². The molecule has 1 aromatic heterocycles. The Morgan fingerprint density at radius 2 is 1.88 bits per heavy atom. The summed E-state index contributed by atoms with van der Waals surface area (Å²) in [5, 5.41) is 0. The summed E-state index contributed by atoms with van der Waals surface area (Å²) in [5.74, 6) is -0.927. The monoisotopic (exact) mass is 390 g/mol. The number of carbonyl (C=O) groups excluding carboxylic acids is 3.